The Hall–Kier alpha value is -2.29. The molecule has 0 radical (unpaired) electrons. The Balaban J connectivity index is 1.31. The highest BCUT2D eigenvalue weighted by molar-refractivity contribution is 5.80. The molecule has 35 heavy (non-hydrogen) atoms. The van der Waals surface area contributed by atoms with Gasteiger partial charge in [0, 0.05) is 12.1 Å². The van der Waals surface area contributed by atoms with Gasteiger partial charge in [-0.2, -0.15) is 0 Å². The Morgan fingerprint density at radius 1 is 0.657 bits per heavy atom. The number of hydrogen-bond donors (Lipinski definition) is 0. The Bertz CT molecular complexity index is 961. The van der Waals surface area contributed by atoms with E-state index >= 15 is 0 Å². The van der Waals surface area contributed by atoms with Crippen molar-refractivity contribution in [2.45, 2.75) is 116 Å². The van der Waals surface area contributed by atoms with Gasteiger partial charge in [0.15, 0.2) is 0 Å². The minimum absolute atomic E-state index is 0.878. The van der Waals surface area contributed by atoms with Gasteiger partial charge in [-0.3, -0.25) is 0 Å². The summed E-state index contributed by atoms with van der Waals surface area (Å²) in [5, 5.41) is 0. The van der Waals surface area contributed by atoms with Gasteiger partial charge in [0.1, 0.15) is 11.6 Å². The third kappa shape index (κ3) is 9.35. The second-order valence-electron chi connectivity index (χ2n) is 10.1. The molecule has 0 saturated carbocycles. The van der Waals surface area contributed by atoms with E-state index in [1.54, 1.807) is 7.11 Å². The second kappa shape index (κ2) is 16.4. The predicted molar refractivity (Wildman–Crippen MR) is 151 cm³/mol. The van der Waals surface area contributed by atoms with Crippen molar-refractivity contribution in [1.82, 2.24) is 9.55 Å². The minimum Gasteiger partial charge on any atom is -0.497 e. The number of aromatic nitrogens is 2. The lowest BCUT2D eigenvalue weighted by Crippen LogP contribution is -2.01. The Labute approximate surface area is 214 Å². The molecule has 3 nitrogen and oxygen atoms in total. The van der Waals surface area contributed by atoms with Gasteiger partial charge in [0.25, 0.3) is 0 Å². The highest BCUT2D eigenvalue weighted by atomic mass is 16.5. The molecular formula is C32H48N2O. The van der Waals surface area contributed by atoms with Crippen molar-refractivity contribution in [1.29, 1.82) is 0 Å². The molecule has 0 unspecified atom stereocenters. The van der Waals surface area contributed by atoms with Crippen molar-refractivity contribution in [3.8, 4) is 17.1 Å². The molecule has 3 heteroatoms. The quantitative estimate of drug-likeness (QED) is 0.161. The van der Waals surface area contributed by atoms with Crippen LogP contribution < -0.4 is 4.74 Å². The maximum Gasteiger partial charge on any atom is 0.141 e. The average Bonchev–Trinajstić information content (AvgIpc) is 3.27. The van der Waals surface area contributed by atoms with Gasteiger partial charge in [-0.25, -0.2) is 4.98 Å². The average molecular weight is 477 g/mol. The number of methoxy groups -OCH3 is 1. The molecule has 0 aliphatic carbocycles. The maximum atomic E-state index is 5.45. The molecular weight excluding hydrogens is 428 g/mol. The molecule has 0 atom stereocenters. The summed E-state index contributed by atoms with van der Waals surface area (Å²) < 4.78 is 7.84. The molecule has 0 amide bonds. The third-order valence-electron chi connectivity index (χ3n) is 7.22. The van der Waals surface area contributed by atoms with Crippen LogP contribution in [0.5, 0.6) is 5.75 Å². The Morgan fingerprint density at radius 2 is 1.23 bits per heavy atom. The summed E-state index contributed by atoms with van der Waals surface area (Å²) in [6.45, 7) is 3.31. The highest BCUT2D eigenvalue weighted by Crippen LogP contribution is 2.28. The SMILES string of the molecule is CCCCCCCCCCCCCCCCCCn1c(-c2cccc(OC)c2)nc2ccccc21. The van der Waals surface area contributed by atoms with Crippen LogP contribution >= 0.6 is 0 Å². The normalized spacial score (nSPS) is 11.4. The van der Waals surface area contributed by atoms with E-state index in [2.05, 4.69) is 47.9 Å². The highest BCUT2D eigenvalue weighted by Gasteiger charge is 2.12. The van der Waals surface area contributed by atoms with E-state index in [9.17, 15) is 0 Å². The fourth-order valence-corrected chi connectivity index (χ4v) is 5.10. The van der Waals surface area contributed by atoms with E-state index in [1.165, 1.54) is 108 Å². The fraction of sp³-hybridized carbons (Fsp3) is 0.594. The topological polar surface area (TPSA) is 27.1 Å². The fourth-order valence-electron chi connectivity index (χ4n) is 5.10. The molecule has 0 spiro atoms. The van der Waals surface area contributed by atoms with Crippen LogP contribution in [-0.4, -0.2) is 16.7 Å². The smallest absolute Gasteiger partial charge is 0.141 e. The first-order valence-electron chi connectivity index (χ1n) is 14.4. The first-order chi connectivity index (χ1) is 17.3. The molecule has 192 valence electrons. The van der Waals surface area contributed by atoms with E-state index in [1.807, 2.05) is 12.1 Å². The van der Waals surface area contributed by atoms with Gasteiger partial charge in [-0.05, 0) is 30.7 Å². The number of unbranched alkanes of at least 4 members (excludes halogenated alkanes) is 15. The van der Waals surface area contributed by atoms with Crippen LogP contribution in [0.15, 0.2) is 48.5 Å². The van der Waals surface area contributed by atoms with Crippen molar-refractivity contribution >= 4 is 11.0 Å². The number of hydrogen-bond acceptors (Lipinski definition) is 2. The zero-order valence-corrected chi connectivity index (χ0v) is 22.4. The first kappa shape index (κ1) is 27.3. The first-order valence-corrected chi connectivity index (χ1v) is 14.4. The lowest BCUT2D eigenvalue weighted by molar-refractivity contribution is 0.415. The van der Waals surface area contributed by atoms with E-state index in [0.29, 0.717) is 0 Å². The van der Waals surface area contributed by atoms with Crippen molar-refractivity contribution in [2.75, 3.05) is 7.11 Å². The van der Waals surface area contributed by atoms with Gasteiger partial charge in [0.2, 0.25) is 0 Å². The summed E-state index contributed by atoms with van der Waals surface area (Å²) >= 11 is 0. The molecule has 3 aromatic rings. The predicted octanol–water partition coefficient (Wildman–Crippen LogP) is 9.97. The minimum atomic E-state index is 0.878. The largest absolute Gasteiger partial charge is 0.497 e. The van der Waals surface area contributed by atoms with Crippen LogP contribution in [0, 0.1) is 0 Å². The van der Waals surface area contributed by atoms with Crippen LogP contribution in [0.25, 0.3) is 22.4 Å². The zero-order valence-electron chi connectivity index (χ0n) is 22.4. The standard InChI is InChI=1S/C32H48N2O/c1-3-4-5-6-7-8-9-10-11-12-13-14-15-16-17-20-26-34-31-25-19-18-24-30(31)33-32(34)28-22-21-23-29(27-28)35-2/h18-19,21-25,27H,3-17,20,26H2,1-2H3. The summed E-state index contributed by atoms with van der Waals surface area (Å²) in [6.07, 6.45) is 22.4. The molecule has 0 bridgehead atoms. The molecule has 2 aromatic carbocycles. The van der Waals surface area contributed by atoms with E-state index < -0.39 is 0 Å². The number of nitrogens with zero attached hydrogens (tertiary/aromatic N) is 2. The van der Waals surface area contributed by atoms with Gasteiger partial charge in [-0.1, -0.05) is 128 Å². The summed E-state index contributed by atoms with van der Waals surface area (Å²) in [6, 6.07) is 16.8. The number of para-hydroxylation sites is 2. The van der Waals surface area contributed by atoms with Crippen LogP contribution in [0.1, 0.15) is 110 Å². The Kier molecular flexibility index (Phi) is 12.8. The monoisotopic (exact) mass is 476 g/mol. The summed E-state index contributed by atoms with van der Waals surface area (Å²) in [7, 11) is 1.72. The molecule has 0 N–H and O–H groups in total. The summed E-state index contributed by atoms with van der Waals surface area (Å²) in [4.78, 5) is 4.96. The number of ether oxygens (including phenoxy) is 1. The molecule has 0 fully saturated rings. The van der Waals surface area contributed by atoms with Gasteiger partial charge < -0.3 is 9.30 Å². The van der Waals surface area contributed by atoms with Gasteiger partial charge in [0.05, 0.1) is 18.1 Å². The molecule has 3 rings (SSSR count). The summed E-state index contributed by atoms with van der Waals surface area (Å²) in [5.41, 5.74) is 3.42. The number of rotatable bonds is 19. The number of benzene rings is 2. The van der Waals surface area contributed by atoms with Crippen molar-refractivity contribution in [3.63, 3.8) is 0 Å². The number of fused-ring (bicyclic) bond motifs is 1. The molecule has 1 heterocycles. The van der Waals surface area contributed by atoms with Crippen molar-refractivity contribution in [2.24, 2.45) is 0 Å². The third-order valence-corrected chi connectivity index (χ3v) is 7.22. The summed E-state index contributed by atoms with van der Waals surface area (Å²) in [5.74, 6) is 1.93. The molecule has 0 saturated heterocycles. The lowest BCUT2D eigenvalue weighted by atomic mass is 10.0. The number of imidazole rings is 1. The number of aryl methyl sites for hydroxylation is 1. The van der Waals surface area contributed by atoms with Crippen LogP contribution in [0.4, 0.5) is 0 Å². The van der Waals surface area contributed by atoms with Gasteiger partial charge in [-0.15, -0.1) is 0 Å². The van der Waals surface area contributed by atoms with E-state index in [0.717, 1.165) is 29.2 Å². The Morgan fingerprint density at radius 3 is 1.83 bits per heavy atom. The van der Waals surface area contributed by atoms with Crippen LogP contribution in [-0.2, 0) is 6.54 Å². The molecule has 1 aromatic heterocycles. The van der Waals surface area contributed by atoms with E-state index in [-0.39, 0.29) is 0 Å². The lowest BCUT2D eigenvalue weighted by Gasteiger charge is -2.10. The molecule has 0 aliphatic heterocycles. The van der Waals surface area contributed by atoms with Crippen LogP contribution in [0.3, 0.4) is 0 Å². The van der Waals surface area contributed by atoms with Gasteiger partial charge >= 0.3 is 0 Å². The zero-order chi connectivity index (χ0) is 24.6. The second-order valence-corrected chi connectivity index (χ2v) is 10.1. The maximum absolute atomic E-state index is 5.45. The van der Waals surface area contributed by atoms with Crippen molar-refractivity contribution < 1.29 is 4.74 Å². The van der Waals surface area contributed by atoms with E-state index in [4.69, 9.17) is 9.72 Å². The van der Waals surface area contributed by atoms with Crippen molar-refractivity contribution in [3.05, 3.63) is 48.5 Å². The van der Waals surface area contributed by atoms with Crippen LogP contribution in [0.2, 0.25) is 0 Å². The molecule has 0 aliphatic rings.